The van der Waals surface area contributed by atoms with Gasteiger partial charge >= 0.3 is 0 Å². The summed E-state index contributed by atoms with van der Waals surface area (Å²) in [5, 5.41) is 16.6. The van der Waals surface area contributed by atoms with Crippen molar-refractivity contribution in [2.45, 2.75) is 33.1 Å². The van der Waals surface area contributed by atoms with Crippen LogP contribution in [0.2, 0.25) is 0 Å². The quantitative estimate of drug-likeness (QED) is 0.334. The highest BCUT2D eigenvalue weighted by atomic mass is 127. The van der Waals surface area contributed by atoms with Crippen molar-refractivity contribution in [3.63, 3.8) is 0 Å². The number of nitrogens with one attached hydrogen (secondary N) is 2. The Kier molecular flexibility index (Phi) is 11.6. The summed E-state index contributed by atoms with van der Waals surface area (Å²) in [4.78, 5) is 4.22. The van der Waals surface area contributed by atoms with Crippen molar-refractivity contribution in [2.75, 3.05) is 27.2 Å². The number of halogens is 1. The van der Waals surface area contributed by atoms with Crippen LogP contribution in [-0.4, -0.2) is 38.3 Å². The summed E-state index contributed by atoms with van der Waals surface area (Å²) in [6, 6.07) is 5.38. The zero-order valence-electron chi connectivity index (χ0n) is 14.6. The van der Waals surface area contributed by atoms with Crippen molar-refractivity contribution in [3.8, 4) is 11.5 Å². The monoisotopic (exact) mass is 435 g/mol. The van der Waals surface area contributed by atoms with E-state index >= 15 is 0 Å². The second kappa shape index (κ2) is 12.3. The Bertz CT molecular complexity index is 477. The molecule has 132 valence electrons. The normalized spacial score (nSPS) is 11.1. The van der Waals surface area contributed by atoms with Crippen LogP contribution >= 0.6 is 24.0 Å². The number of phenolic OH excluding ortho intramolecular Hbond substituents is 1. The maximum Gasteiger partial charge on any atom is 0.190 e. The first-order chi connectivity index (χ1) is 10.6. The van der Waals surface area contributed by atoms with Gasteiger partial charge in [-0.05, 0) is 24.0 Å². The van der Waals surface area contributed by atoms with E-state index < -0.39 is 0 Å². The fourth-order valence-corrected chi connectivity index (χ4v) is 2.24. The van der Waals surface area contributed by atoms with Gasteiger partial charge in [-0.25, -0.2) is 0 Å². The summed E-state index contributed by atoms with van der Waals surface area (Å²) in [5.41, 5.74) is 0.892. The molecule has 3 N–H and O–H groups in total. The molecule has 0 bridgehead atoms. The van der Waals surface area contributed by atoms with Gasteiger partial charge in [-0.1, -0.05) is 32.8 Å². The Balaban J connectivity index is 0.00000484. The molecule has 5 nitrogen and oxygen atoms in total. The maximum atomic E-state index is 9.93. The van der Waals surface area contributed by atoms with E-state index in [0.717, 1.165) is 24.5 Å². The van der Waals surface area contributed by atoms with Crippen LogP contribution < -0.4 is 15.4 Å². The van der Waals surface area contributed by atoms with E-state index in [1.54, 1.807) is 20.2 Å². The van der Waals surface area contributed by atoms with Crippen molar-refractivity contribution in [1.29, 1.82) is 0 Å². The number of aliphatic imine (C=N–C) groups is 1. The van der Waals surface area contributed by atoms with E-state index in [2.05, 4.69) is 29.5 Å². The molecule has 1 aromatic rings. The second-order valence-corrected chi connectivity index (χ2v) is 5.31. The first-order valence-corrected chi connectivity index (χ1v) is 7.94. The van der Waals surface area contributed by atoms with Gasteiger partial charge in [0.15, 0.2) is 5.96 Å². The number of phenols is 1. The molecule has 0 heterocycles. The highest BCUT2D eigenvalue weighted by molar-refractivity contribution is 14.0. The molecule has 6 heteroatoms. The molecule has 0 spiro atoms. The number of hydrogen-bond acceptors (Lipinski definition) is 3. The maximum absolute atomic E-state index is 9.93. The van der Waals surface area contributed by atoms with Crippen molar-refractivity contribution in [2.24, 2.45) is 10.9 Å². The van der Waals surface area contributed by atoms with Crippen LogP contribution in [0.4, 0.5) is 0 Å². The van der Waals surface area contributed by atoms with E-state index in [9.17, 15) is 5.11 Å². The first-order valence-electron chi connectivity index (χ1n) is 7.94. The Morgan fingerprint density at radius 2 is 1.96 bits per heavy atom. The molecule has 0 aliphatic carbocycles. The molecule has 1 rings (SSSR count). The average molecular weight is 435 g/mol. The molecule has 0 atom stereocenters. The second-order valence-electron chi connectivity index (χ2n) is 5.31. The fraction of sp³-hybridized carbons (Fsp3) is 0.588. The number of benzene rings is 1. The number of rotatable bonds is 8. The number of methoxy groups -OCH3 is 1. The molecule has 23 heavy (non-hydrogen) atoms. The van der Waals surface area contributed by atoms with Gasteiger partial charge in [0.2, 0.25) is 0 Å². The largest absolute Gasteiger partial charge is 0.508 e. The Morgan fingerprint density at radius 3 is 2.48 bits per heavy atom. The number of hydrogen-bond donors (Lipinski definition) is 3. The van der Waals surface area contributed by atoms with Crippen LogP contribution in [0.1, 0.15) is 32.3 Å². The van der Waals surface area contributed by atoms with Gasteiger partial charge in [-0.15, -0.1) is 24.0 Å². The van der Waals surface area contributed by atoms with Gasteiger partial charge in [-0.3, -0.25) is 4.99 Å². The lowest BCUT2D eigenvalue weighted by molar-refractivity contribution is 0.406. The summed E-state index contributed by atoms with van der Waals surface area (Å²) in [6.45, 7) is 6.06. The minimum Gasteiger partial charge on any atom is -0.508 e. The summed E-state index contributed by atoms with van der Waals surface area (Å²) in [7, 11) is 3.36. The van der Waals surface area contributed by atoms with E-state index in [1.165, 1.54) is 12.8 Å². The van der Waals surface area contributed by atoms with Crippen LogP contribution in [0.25, 0.3) is 0 Å². The minimum absolute atomic E-state index is 0. The Morgan fingerprint density at radius 1 is 1.26 bits per heavy atom. The molecule has 1 aromatic carbocycles. The van der Waals surface area contributed by atoms with E-state index in [-0.39, 0.29) is 29.7 Å². The lowest BCUT2D eigenvalue weighted by Gasteiger charge is -2.17. The third-order valence-corrected chi connectivity index (χ3v) is 3.92. The lowest BCUT2D eigenvalue weighted by Crippen LogP contribution is -2.40. The van der Waals surface area contributed by atoms with Gasteiger partial charge in [-0.2, -0.15) is 0 Å². The van der Waals surface area contributed by atoms with Crippen molar-refractivity contribution in [1.82, 2.24) is 10.6 Å². The molecule has 0 saturated heterocycles. The molecular formula is C17H30IN3O2. The Hall–Kier alpha value is -1.18. The molecule has 0 aromatic heterocycles. The van der Waals surface area contributed by atoms with Crippen LogP contribution in [0.5, 0.6) is 11.5 Å². The van der Waals surface area contributed by atoms with Crippen LogP contribution in [0.3, 0.4) is 0 Å². The third-order valence-electron chi connectivity index (χ3n) is 3.92. The average Bonchev–Trinajstić information content (AvgIpc) is 2.55. The van der Waals surface area contributed by atoms with Gasteiger partial charge < -0.3 is 20.5 Å². The van der Waals surface area contributed by atoms with Gasteiger partial charge in [0, 0.05) is 26.2 Å². The van der Waals surface area contributed by atoms with Crippen LogP contribution in [-0.2, 0) is 6.42 Å². The van der Waals surface area contributed by atoms with E-state index in [1.807, 2.05) is 12.1 Å². The molecular weight excluding hydrogens is 405 g/mol. The molecule has 0 aliphatic rings. The first kappa shape index (κ1) is 21.8. The zero-order valence-corrected chi connectivity index (χ0v) is 16.9. The smallest absolute Gasteiger partial charge is 0.190 e. The zero-order chi connectivity index (χ0) is 16.4. The number of guanidine groups is 1. The highest BCUT2D eigenvalue weighted by Gasteiger charge is 2.06. The number of nitrogens with zero attached hydrogens (tertiary/aromatic N) is 1. The molecule has 0 unspecified atom stereocenters. The van der Waals surface area contributed by atoms with Gasteiger partial charge in [0.1, 0.15) is 11.5 Å². The SMILES string of the molecule is CCC(CC)CNC(=NC)NCCc1ccc(OC)cc1O.I. The summed E-state index contributed by atoms with van der Waals surface area (Å²) in [6.07, 6.45) is 3.06. The molecule has 0 radical (unpaired) electrons. The molecule has 0 saturated carbocycles. The highest BCUT2D eigenvalue weighted by Crippen LogP contribution is 2.23. The van der Waals surface area contributed by atoms with E-state index in [0.29, 0.717) is 18.2 Å². The van der Waals surface area contributed by atoms with Gasteiger partial charge in [0.25, 0.3) is 0 Å². The number of ether oxygens (including phenoxy) is 1. The number of aromatic hydroxyl groups is 1. The fourth-order valence-electron chi connectivity index (χ4n) is 2.24. The van der Waals surface area contributed by atoms with Crippen LogP contribution in [0, 0.1) is 5.92 Å². The lowest BCUT2D eigenvalue weighted by atomic mass is 10.0. The molecule has 0 fully saturated rings. The van der Waals surface area contributed by atoms with E-state index in [4.69, 9.17) is 4.74 Å². The van der Waals surface area contributed by atoms with Crippen LogP contribution in [0.15, 0.2) is 23.2 Å². The molecule has 0 amide bonds. The summed E-state index contributed by atoms with van der Waals surface area (Å²) < 4.78 is 5.08. The summed E-state index contributed by atoms with van der Waals surface area (Å²) >= 11 is 0. The Labute approximate surface area is 156 Å². The predicted molar refractivity (Wildman–Crippen MR) is 107 cm³/mol. The van der Waals surface area contributed by atoms with Crippen molar-refractivity contribution in [3.05, 3.63) is 23.8 Å². The standard InChI is InChI=1S/C17H29N3O2.HI/c1-5-13(6-2)12-20-17(18-3)19-10-9-14-7-8-15(22-4)11-16(14)21;/h7-8,11,13,21H,5-6,9-10,12H2,1-4H3,(H2,18,19,20);1H. The van der Waals surface area contributed by atoms with Crippen molar-refractivity contribution < 1.29 is 9.84 Å². The molecule has 0 aliphatic heterocycles. The third kappa shape index (κ3) is 7.76. The van der Waals surface area contributed by atoms with Gasteiger partial charge in [0.05, 0.1) is 7.11 Å². The van der Waals surface area contributed by atoms with Crippen molar-refractivity contribution >= 4 is 29.9 Å². The summed E-state index contributed by atoms with van der Waals surface area (Å²) in [5.74, 6) is 2.40. The minimum atomic E-state index is 0. The predicted octanol–water partition coefficient (Wildman–Crippen LogP) is 3.16. The topological polar surface area (TPSA) is 65.9 Å².